The van der Waals surface area contributed by atoms with Crippen LogP contribution in [0.25, 0.3) is 11.2 Å². The number of thioether (sulfide) groups is 1. The maximum absolute atomic E-state index is 10.8. The van der Waals surface area contributed by atoms with Crippen LogP contribution in [0.4, 0.5) is 0 Å². The molecule has 1 saturated heterocycles. The van der Waals surface area contributed by atoms with Crippen molar-refractivity contribution < 1.29 is 19.4 Å². The number of aliphatic hydroxyl groups is 2. The van der Waals surface area contributed by atoms with Gasteiger partial charge in [-0.1, -0.05) is 20.8 Å². The van der Waals surface area contributed by atoms with Crippen LogP contribution in [-0.4, -0.2) is 68.7 Å². The van der Waals surface area contributed by atoms with Crippen molar-refractivity contribution in [2.75, 3.05) is 12.4 Å². The van der Waals surface area contributed by atoms with Gasteiger partial charge in [-0.05, 0) is 18.1 Å². The van der Waals surface area contributed by atoms with Gasteiger partial charge in [0.15, 0.2) is 20.2 Å². The van der Waals surface area contributed by atoms with E-state index in [0.29, 0.717) is 28.4 Å². The van der Waals surface area contributed by atoms with Crippen molar-refractivity contribution in [1.82, 2.24) is 19.5 Å². The number of imidazole rings is 1. The molecule has 0 unspecified atom stereocenters. The van der Waals surface area contributed by atoms with Gasteiger partial charge < -0.3 is 19.4 Å². The lowest BCUT2D eigenvalue weighted by molar-refractivity contribution is -0.0497. The molecule has 0 bridgehead atoms. The highest BCUT2D eigenvalue weighted by molar-refractivity contribution is 7.99. The maximum atomic E-state index is 10.8. The predicted molar refractivity (Wildman–Crippen MR) is 115 cm³/mol. The summed E-state index contributed by atoms with van der Waals surface area (Å²) in [7, 11) is -2.23. The van der Waals surface area contributed by atoms with Crippen molar-refractivity contribution in [1.29, 1.82) is 5.26 Å². The number of fused-ring (bicyclic) bond motifs is 1. The molecule has 2 aromatic heterocycles. The maximum Gasteiger partial charge on any atom is 0.192 e. The molecule has 0 saturated carbocycles. The molecule has 2 N–H and O–H groups in total. The minimum atomic E-state index is -2.23. The number of hydrogen-bond acceptors (Lipinski definition) is 9. The number of rotatable bonds is 7. The van der Waals surface area contributed by atoms with Crippen molar-refractivity contribution in [2.24, 2.45) is 0 Å². The summed E-state index contributed by atoms with van der Waals surface area (Å²) >= 11 is 1.45. The summed E-state index contributed by atoms with van der Waals surface area (Å²) in [5.41, 5.74) is 1.17. The van der Waals surface area contributed by atoms with Crippen LogP contribution in [0, 0.1) is 11.3 Å². The summed E-state index contributed by atoms with van der Waals surface area (Å²) in [6.07, 6.45) is 0.399. The van der Waals surface area contributed by atoms with Crippen molar-refractivity contribution in [3.05, 3.63) is 12.7 Å². The lowest BCUT2D eigenvalue weighted by Gasteiger charge is -2.40. The Labute approximate surface area is 181 Å². The van der Waals surface area contributed by atoms with Gasteiger partial charge in [0, 0.05) is 12.2 Å². The molecule has 0 radical (unpaired) electrons. The number of nitrogens with zero attached hydrogens (tertiary/aromatic N) is 5. The van der Waals surface area contributed by atoms with E-state index in [9.17, 15) is 10.2 Å². The first kappa shape index (κ1) is 23.1. The average molecular weight is 452 g/mol. The molecule has 164 valence electrons. The van der Waals surface area contributed by atoms with E-state index in [2.05, 4.69) is 54.9 Å². The van der Waals surface area contributed by atoms with Crippen LogP contribution in [0.1, 0.15) is 33.4 Å². The molecule has 1 aliphatic rings. The fourth-order valence-electron chi connectivity index (χ4n) is 3.05. The Morgan fingerprint density at radius 3 is 2.70 bits per heavy atom. The molecular weight excluding hydrogens is 422 g/mol. The van der Waals surface area contributed by atoms with Gasteiger partial charge in [-0.25, -0.2) is 15.0 Å². The summed E-state index contributed by atoms with van der Waals surface area (Å²) in [6.45, 7) is 10.3. The predicted octanol–water partition coefficient (Wildman–Crippen LogP) is 2.47. The summed E-state index contributed by atoms with van der Waals surface area (Å²) < 4.78 is 14.3. The smallest absolute Gasteiger partial charge is 0.192 e. The lowest BCUT2D eigenvalue weighted by atomic mass is 10.1. The molecule has 30 heavy (non-hydrogen) atoms. The van der Waals surface area contributed by atoms with E-state index in [0.717, 1.165) is 0 Å². The molecular formula is C19H29N5O4SSi. The standard InChI is InChI=1S/C19H29N5O4SSi/c1-19(2,3)30(4,5)28-15-14(26)12(9-25)27-18(15)24-11-23-13-16(24)21-10-22-17(13)29-8-6-7-20/h10-12,14-15,18,25-26H,6,8-9H2,1-5H3/t12-,14-,15-,18-/m1/s1. The number of aliphatic hydroxyl groups excluding tert-OH is 2. The molecule has 1 aliphatic heterocycles. The van der Waals surface area contributed by atoms with Gasteiger partial charge in [0.2, 0.25) is 0 Å². The highest BCUT2D eigenvalue weighted by atomic mass is 32.2. The van der Waals surface area contributed by atoms with Gasteiger partial charge in [0.1, 0.15) is 35.2 Å². The Bertz CT molecular complexity index is 926. The van der Waals surface area contributed by atoms with E-state index in [-0.39, 0.29) is 11.6 Å². The normalized spacial score (nSPS) is 25.0. The quantitative estimate of drug-likeness (QED) is 0.282. The van der Waals surface area contributed by atoms with Crippen LogP contribution < -0.4 is 0 Å². The van der Waals surface area contributed by atoms with Gasteiger partial charge >= 0.3 is 0 Å². The second-order valence-electron chi connectivity index (χ2n) is 8.84. The molecule has 11 heteroatoms. The van der Waals surface area contributed by atoms with E-state index >= 15 is 0 Å². The van der Waals surface area contributed by atoms with Gasteiger partial charge in [-0.3, -0.25) is 4.57 Å². The Hall–Kier alpha value is -1.55. The Morgan fingerprint density at radius 1 is 1.33 bits per heavy atom. The number of aromatic nitrogens is 4. The first-order chi connectivity index (χ1) is 14.1. The Morgan fingerprint density at radius 2 is 2.07 bits per heavy atom. The van der Waals surface area contributed by atoms with E-state index < -0.39 is 32.9 Å². The van der Waals surface area contributed by atoms with Crippen LogP contribution in [0.5, 0.6) is 0 Å². The van der Waals surface area contributed by atoms with Crippen LogP contribution in [0.2, 0.25) is 18.1 Å². The van der Waals surface area contributed by atoms with Crippen molar-refractivity contribution in [3.63, 3.8) is 0 Å². The monoisotopic (exact) mass is 451 g/mol. The Kier molecular flexibility index (Phi) is 6.86. The first-order valence-electron chi connectivity index (χ1n) is 9.90. The molecule has 3 heterocycles. The van der Waals surface area contributed by atoms with Crippen LogP contribution in [-0.2, 0) is 9.16 Å². The van der Waals surface area contributed by atoms with Crippen molar-refractivity contribution in [2.45, 2.75) is 74.9 Å². The van der Waals surface area contributed by atoms with Crippen LogP contribution in [0.3, 0.4) is 0 Å². The summed E-state index contributed by atoms with van der Waals surface area (Å²) in [4.78, 5) is 13.1. The number of ether oxygens (including phenoxy) is 1. The SMILES string of the molecule is CC(C)(C)[Si](C)(C)O[C@@H]1[C@H](O)[C@@H](CO)O[C@H]1n1cnc2c(SCCC#N)ncnc21. The molecule has 1 fully saturated rings. The molecule has 2 aromatic rings. The van der Waals surface area contributed by atoms with Crippen molar-refractivity contribution >= 4 is 31.2 Å². The molecule has 9 nitrogen and oxygen atoms in total. The van der Waals surface area contributed by atoms with E-state index in [4.69, 9.17) is 14.4 Å². The highest BCUT2D eigenvalue weighted by Gasteiger charge is 2.50. The molecule has 0 aliphatic carbocycles. The van der Waals surface area contributed by atoms with Crippen LogP contribution in [0.15, 0.2) is 17.7 Å². The van der Waals surface area contributed by atoms with E-state index in [1.54, 1.807) is 10.9 Å². The van der Waals surface area contributed by atoms with E-state index in [1.807, 2.05) is 0 Å². The third-order valence-corrected chi connectivity index (χ3v) is 11.2. The fraction of sp³-hybridized carbons (Fsp3) is 0.684. The molecule has 3 rings (SSSR count). The highest BCUT2D eigenvalue weighted by Crippen LogP contribution is 2.42. The van der Waals surface area contributed by atoms with Crippen molar-refractivity contribution in [3.8, 4) is 6.07 Å². The number of hydrogen-bond donors (Lipinski definition) is 2. The molecule has 0 aromatic carbocycles. The number of nitriles is 1. The zero-order valence-corrected chi connectivity index (χ0v) is 19.8. The van der Waals surface area contributed by atoms with E-state index in [1.165, 1.54) is 18.1 Å². The van der Waals surface area contributed by atoms with Gasteiger partial charge in [-0.15, -0.1) is 11.8 Å². The van der Waals surface area contributed by atoms with Gasteiger partial charge in [-0.2, -0.15) is 5.26 Å². The zero-order chi connectivity index (χ0) is 22.1. The third-order valence-electron chi connectivity index (χ3n) is 5.78. The minimum absolute atomic E-state index is 0.0572. The minimum Gasteiger partial charge on any atom is -0.407 e. The van der Waals surface area contributed by atoms with Gasteiger partial charge in [0.25, 0.3) is 0 Å². The van der Waals surface area contributed by atoms with Crippen LogP contribution >= 0.6 is 11.8 Å². The molecule has 0 spiro atoms. The second-order valence-corrected chi connectivity index (χ2v) is 14.7. The second kappa shape index (κ2) is 8.90. The lowest BCUT2D eigenvalue weighted by Crippen LogP contribution is -2.48. The third kappa shape index (κ3) is 4.39. The topological polar surface area (TPSA) is 126 Å². The van der Waals surface area contributed by atoms with Gasteiger partial charge in [0.05, 0.1) is 19.0 Å². The molecule has 0 amide bonds. The summed E-state index contributed by atoms with van der Waals surface area (Å²) in [5.74, 6) is 0.609. The summed E-state index contributed by atoms with van der Waals surface area (Å²) in [6, 6.07) is 2.12. The zero-order valence-electron chi connectivity index (χ0n) is 17.9. The Balaban J connectivity index is 1.97. The fourth-order valence-corrected chi connectivity index (χ4v) is 5.13. The largest absolute Gasteiger partial charge is 0.407 e. The first-order valence-corrected chi connectivity index (χ1v) is 13.8. The summed E-state index contributed by atoms with van der Waals surface area (Å²) in [5, 5.41) is 29.9. The average Bonchev–Trinajstić information content (AvgIpc) is 3.23. The molecule has 4 atom stereocenters.